The van der Waals surface area contributed by atoms with Gasteiger partial charge >= 0.3 is 0 Å². The summed E-state index contributed by atoms with van der Waals surface area (Å²) in [6, 6.07) is 3.94. The summed E-state index contributed by atoms with van der Waals surface area (Å²) in [4.78, 5) is 6.58. The van der Waals surface area contributed by atoms with E-state index in [1.807, 2.05) is 24.5 Å². The molecule has 2 heterocycles. The van der Waals surface area contributed by atoms with Gasteiger partial charge in [0.05, 0.1) is 18.8 Å². The highest BCUT2D eigenvalue weighted by molar-refractivity contribution is 5.50. The highest BCUT2D eigenvalue weighted by Crippen LogP contribution is 2.15. The molecule has 0 saturated carbocycles. The van der Waals surface area contributed by atoms with Gasteiger partial charge in [-0.1, -0.05) is 0 Å². The molecule has 2 aromatic heterocycles. The molecule has 16 heavy (non-hydrogen) atoms. The van der Waals surface area contributed by atoms with E-state index < -0.39 is 0 Å². The second-order valence-electron chi connectivity index (χ2n) is 4.09. The van der Waals surface area contributed by atoms with Gasteiger partial charge in [0.25, 0.3) is 0 Å². The fourth-order valence-electron chi connectivity index (χ4n) is 1.67. The van der Waals surface area contributed by atoms with E-state index in [1.54, 1.807) is 7.11 Å². The van der Waals surface area contributed by atoms with Crippen molar-refractivity contribution in [3.05, 3.63) is 30.4 Å². The molecule has 4 nitrogen and oxygen atoms in total. The number of rotatable bonds is 4. The van der Waals surface area contributed by atoms with Gasteiger partial charge < -0.3 is 14.0 Å². The van der Waals surface area contributed by atoms with Crippen molar-refractivity contribution in [3.8, 4) is 5.75 Å². The Balaban J connectivity index is 2.27. The fraction of sp³-hybridized carbons (Fsp3) is 0.417. The van der Waals surface area contributed by atoms with Gasteiger partial charge in [-0.15, -0.1) is 0 Å². The number of hydrogen-bond acceptors (Lipinski definition) is 3. The van der Waals surface area contributed by atoms with Crippen molar-refractivity contribution in [2.45, 2.75) is 6.42 Å². The van der Waals surface area contributed by atoms with Crippen LogP contribution in [0.1, 0.15) is 5.82 Å². The van der Waals surface area contributed by atoms with E-state index in [0.717, 1.165) is 30.1 Å². The maximum absolute atomic E-state index is 5.18. The lowest BCUT2D eigenvalue weighted by molar-refractivity contribution is 0.408. The summed E-state index contributed by atoms with van der Waals surface area (Å²) >= 11 is 0. The van der Waals surface area contributed by atoms with Crippen molar-refractivity contribution < 1.29 is 4.74 Å². The molecule has 86 valence electrons. The fourth-order valence-corrected chi connectivity index (χ4v) is 1.67. The van der Waals surface area contributed by atoms with Crippen LogP contribution in [0.15, 0.2) is 24.5 Å². The molecule has 0 saturated heterocycles. The van der Waals surface area contributed by atoms with Crippen molar-refractivity contribution in [1.29, 1.82) is 0 Å². The minimum Gasteiger partial charge on any atom is -0.497 e. The molecule has 2 rings (SSSR count). The summed E-state index contributed by atoms with van der Waals surface area (Å²) in [5, 5.41) is 0. The number of pyridine rings is 1. The number of imidazole rings is 1. The molecule has 0 fully saturated rings. The molecule has 0 unspecified atom stereocenters. The van der Waals surface area contributed by atoms with E-state index >= 15 is 0 Å². The van der Waals surface area contributed by atoms with Crippen LogP contribution < -0.4 is 4.74 Å². The van der Waals surface area contributed by atoms with Gasteiger partial charge in [0.2, 0.25) is 0 Å². The minimum atomic E-state index is 0.867. The molecule has 0 aliphatic rings. The molecule has 0 aliphatic carbocycles. The van der Waals surface area contributed by atoms with Gasteiger partial charge in [-0.2, -0.15) is 0 Å². The Bertz CT molecular complexity index is 476. The predicted octanol–water partition coefficient (Wildman–Crippen LogP) is 1.45. The topological polar surface area (TPSA) is 29.8 Å². The Morgan fingerprint density at radius 1 is 1.44 bits per heavy atom. The van der Waals surface area contributed by atoms with Crippen LogP contribution in [0.5, 0.6) is 5.75 Å². The second kappa shape index (κ2) is 4.53. The van der Waals surface area contributed by atoms with Gasteiger partial charge in [-0.05, 0) is 20.2 Å². The van der Waals surface area contributed by atoms with Gasteiger partial charge in [0, 0.05) is 25.2 Å². The SMILES string of the molecule is COc1ccn2c(CCN(C)C)ncc2c1. The first-order valence-corrected chi connectivity index (χ1v) is 5.35. The number of hydrogen-bond donors (Lipinski definition) is 0. The zero-order chi connectivity index (χ0) is 11.5. The van der Waals surface area contributed by atoms with Crippen LogP contribution in [0.4, 0.5) is 0 Å². The summed E-state index contributed by atoms with van der Waals surface area (Å²) in [6.07, 6.45) is 4.84. The van der Waals surface area contributed by atoms with E-state index in [4.69, 9.17) is 4.74 Å². The quantitative estimate of drug-likeness (QED) is 0.779. The predicted molar refractivity (Wildman–Crippen MR) is 64.0 cm³/mol. The Hall–Kier alpha value is -1.55. The Morgan fingerprint density at radius 2 is 2.25 bits per heavy atom. The van der Waals surface area contributed by atoms with Crippen LogP contribution in [-0.4, -0.2) is 42.0 Å². The molecule has 0 atom stereocenters. The minimum absolute atomic E-state index is 0.867. The third-order valence-electron chi connectivity index (χ3n) is 2.60. The van der Waals surface area contributed by atoms with Gasteiger partial charge in [0.15, 0.2) is 0 Å². The summed E-state index contributed by atoms with van der Waals surface area (Å²) in [7, 11) is 5.81. The molecule has 0 bridgehead atoms. The Kier molecular flexibility index (Phi) is 3.10. The standard InChI is InChI=1S/C12H17N3O/c1-14(2)6-5-12-13-9-10-8-11(16-3)4-7-15(10)12/h4,7-9H,5-6H2,1-3H3. The average molecular weight is 219 g/mol. The van der Waals surface area contributed by atoms with Crippen molar-refractivity contribution in [3.63, 3.8) is 0 Å². The van der Waals surface area contributed by atoms with Crippen molar-refractivity contribution in [2.24, 2.45) is 0 Å². The summed E-state index contributed by atoms with van der Waals surface area (Å²) in [5.41, 5.74) is 1.08. The number of fused-ring (bicyclic) bond motifs is 1. The first-order chi connectivity index (χ1) is 7.70. The number of ether oxygens (including phenoxy) is 1. The lowest BCUT2D eigenvalue weighted by Crippen LogP contribution is -2.16. The summed E-state index contributed by atoms with van der Waals surface area (Å²) < 4.78 is 7.28. The van der Waals surface area contributed by atoms with Crippen molar-refractivity contribution in [1.82, 2.24) is 14.3 Å². The third kappa shape index (κ3) is 2.17. The van der Waals surface area contributed by atoms with Crippen molar-refractivity contribution >= 4 is 5.52 Å². The largest absolute Gasteiger partial charge is 0.497 e. The number of methoxy groups -OCH3 is 1. The normalized spacial score (nSPS) is 11.2. The number of likely N-dealkylation sites (N-methyl/N-ethyl adjacent to an activating group) is 1. The van der Waals surface area contributed by atoms with E-state index in [1.165, 1.54) is 0 Å². The molecule has 0 aliphatic heterocycles. The van der Waals surface area contributed by atoms with Gasteiger partial charge in [-0.3, -0.25) is 0 Å². The molecule has 0 radical (unpaired) electrons. The van der Waals surface area contributed by atoms with E-state index in [0.29, 0.717) is 0 Å². The molecule has 0 amide bonds. The van der Waals surface area contributed by atoms with Gasteiger partial charge in [-0.25, -0.2) is 4.98 Å². The van der Waals surface area contributed by atoms with Crippen LogP contribution in [0, 0.1) is 0 Å². The summed E-state index contributed by atoms with van der Waals surface area (Å²) in [5.74, 6) is 1.96. The number of aromatic nitrogens is 2. The van der Waals surface area contributed by atoms with E-state index in [9.17, 15) is 0 Å². The lowest BCUT2D eigenvalue weighted by Gasteiger charge is -2.08. The van der Waals surface area contributed by atoms with Crippen molar-refractivity contribution in [2.75, 3.05) is 27.7 Å². The van der Waals surface area contributed by atoms with Gasteiger partial charge in [0.1, 0.15) is 11.6 Å². The van der Waals surface area contributed by atoms with Crippen LogP contribution in [0.25, 0.3) is 5.52 Å². The molecular weight excluding hydrogens is 202 g/mol. The monoisotopic (exact) mass is 219 g/mol. The zero-order valence-corrected chi connectivity index (χ0v) is 9.97. The maximum atomic E-state index is 5.18. The molecule has 0 N–H and O–H groups in total. The molecule has 2 aromatic rings. The van der Waals surface area contributed by atoms with Crippen LogP contribution in [0.2, 0.25) is 0 Å². The molecular formula is C12H17N3O. The molecule has 4 heteroatoms. The number of nitrogens with zero attached hydrogens (tertiary/aromatic N) is 3. The third-order valence-corrected chi connectivity index (χ3v) is 2.60. The highest BCUT2D eigenvalue weighted by atomic mass is 16.5. The maximum Gasteiger partial charge on any atom is 0.122 e. The summed E-state index contributed by atoms with van der Waals surface area (Å²) in [6.45, 7) is 1.01. The Labute approximate surface area is 95.5 Å². The zero-order valence-electron chi connectivity index (χ0n) is 9.97. The second-order valence-corrected chi connectivity index (χ2v) is 4.09. The average Bonchev–Trinajstić information content (AvgIpc) is 2.68. The first-order valence-electron chi connectivity index (χ1n) is 5.35. The van der Waals surface area contributed by atoms with Crippen LogP contribution in [0.3, 0.4) is 0 Å². The van der Waals surface area contributed by atoms with Crippen LogP contribution >= 0.6 is 0 Å². The first kappa shape index (κ1) is 11.0. The van der Waals surface area contributed by atoms with Crippen LogP contribution in [-0.2, 0) is 6.42 Å². The van der Waals surface area contributed by atoms with E-state index in [2.05, 4.69) is 28.4 Å². The molecule has 0 aromatic carbocycles. The molecule has 0 spiro atoms. The lowest BCUT2D eigenvalue weighted by atomic mass is 10.3. The van der Waals surface area contributed by atoms with E-state index in [-0.39, 0.29) is 0 Å². The smallest absolute Gasteiger partial charge is 0.122 e. The Morgan fingerprint density at radius 3 is 2.94 bits per heavy atom. The highest BCUT2D eigenvalue weighted by Gasteiger charge is 2.04.